The van der Waals surface area contributed by atoms with Crippen LogP contribution in [-0.4, -0.2) is 56.4 Å². The second-order valence-electron chi connectivity index (χ2n) is 7.31. The summed E-state index contributed by atoms with van der Waals surface area (Å²) in [6, 6.07) is 12.9. The van der Waals surface area contributed by atoms with Crippen LogP contribution in [0.2, 0.25) is 0 Å². The lowest BCUT2D eigenvalue weighted by Crippen LogP contribution is -2.57. The molecule has 1 fully saturated rings. The monoisotopic (exact) mass is 440 g/mol. The van der Waals surface area contributed by atoms with E-state index in [0.717, 1.165) is 12.7 Å². The maximum Gasteiger partial charge on any atom is 0.430 e. The number of nitrogens with one attached hydrogen (secondary N) is 1. The minimum atomic E-state index is -4.96. The van der Waals surface area contributed by atoms with Gasteiger partial charge in [0.05, 0.1) is 12.7 Å². The molecular weight excluding hydrogens is 416 g/mol. The van der Waals surface area contributed by atoms with Gasteiger partial charge >= 0.3 is 6.18 Å². The van der Waals surface area contributed by atoms with Gasteiger partial charge in [-0.05, 0) is 17.7 Å². The quantitative estimate of drug-likeness (QED) is 0.672. The molecule has 1 amide bonds. The molecule has 1 heterocycles. The van der Waals surface area contributed by atoms with E-state index in [-0.39, 0.29) is 17.9 Å². The van der Waals surface area contributed by atoms with Crippen LogP contribution in [0.5, 0.6) is 0 Å². The summed E-state index contributed by atoms with van der Waals surface area (Å²) < 4.78 is 65.3. The Bertz CT molecular complexity index is 861. The third-order valence-corrected chi connectivity index (χ3v) is 5.24. The van der Waals surface area contributed by atoms with Crippen molar-refractivity contribution in [3.05, 3.63) is 71.5 Å². The number of rotatable bonds is 7. The van der Waals surface area contributed by atoms with Crippen LogP contribution in [0.25, 0.3) is 0 Å². The number of alkyl halides is 3. The summed E-state index contributed by atoms with van der Waals surface area (Å²) in [5.74, 6) is -1.62. The van der Waals surface area contributed by atoms with E-state index in [1.54, 1.807) is 18.2 Å². The Balaban J connectivity index is 1.65. The Morgan fingerprint density at radius 2 is 1.84 bits per heavy atom. The van der Waals surface area contributed by atoms with Crippen LogP contribution in [0, 0.1) is 5.82 Å². The summed E-state index contributed by atoms with van der Waals surface area (Å²) in [7, 11) is 0.863. The average Bonchev–Trinajstić information content (AvgIpc) is 2.75. The van der Waals surface area contributed by atoms with Crippen LogP contribution in [0.3, 0.4) is 0 Å². The third-order valence-electron chi connectivity index (χ3n) is 5.24. The second kappa shape index (κ2) is 9.76. The van der Waals surface area contributed by atoms with Crippen molar-refractivity contribution in [2.75, 3.05) is 33.4 Å². The Kier molecular flexibility index (Phi) is 7.30. The van der Waals surface area contributed by atoms with Gasteiger partial charge in [0.1, 0.15) is 5.82 Å². The van der Waals surface area contributed by atoms with Gasteiger partial charge in [-0.3, -0.25) is 9.69 Å². The van der Waals surface area contributed by atoms with Crippen molar-refractivity contribution in [2.24, 2.45) is 0 Å². The minimum Gasteiger partial charge on any atom is -0.374 e. The number of benzene rings is 2. The number of morpholine rings is 1. The van der Waals surface area contributed by atoms with E-state index in [9.17, 15) is 22.4 Å². The molecule has 1 saturated heterocycles. The number of amides is 1. The van der Waals surface area contributed by atoms with Gasteiger partial charge in [0.25, 0.3) is 11.5 Å². The fourth-order valence-electron chi connectivity index (χ4n) is 3.65. The van der Waals surface area contributed by atoms with Crippen LogP contribution >= 0.6 is 0 Å². The fraction of sp³-hybridized carbons (Fsp3) is 0.409. The van der Waals surface area contributed by atoms with E-state index in [1.165, 1.54) is 36.4 Å². The highest BCUT2D eigenvalue weighted by atomic mass is 19.4. The summed E-state index contributed by atoms with van der Waals surface area (Å²) in [5, 5.41) is 2.36. The molecule has 1 N–H and O–H groups in total. The lowest BCUT2D eigenvalue weighted by atomic mass is 9.91. The van der Waals surface area contributed by atoms with E-state index >= 15 is 0 Å². The van der Waals surface area contributed by atoms with Crippen molar-refractivity contribution in [3.63, 3.8) is 0 Å². The lowest BCUT2D eigenvalue weighted by molar-refractivity contribution is -0.266. The molecule has 0 radical (unpaired) electrons. The molecule has 1 aliphatic rings. The molecular formula is C22H24F4N2O3. The first kappa shape index (κ1) is 23.2. The molecule has 0 spiro atoms. The second-order valence-corrected chi connectivity index (χ2v) is 7.31. The van der Waals surface area contributed by atoms with Crippen molar-refractivity contribution >= 4 is 5.91 Å². The summed E-state index contributed by atoms with van der Waals surface area (Å²) >= 11 is 0. The van der Waals surface area contributed by atoms with Crippen LogP contribution in [0.4, 0.5) is 17.6 Å². The van der Waals surface area contributed by atoms with Gasteiger partial charge in [-0.15, -0.1) is 0 Å². The Morgan fingerprint density at radius 3 is 2.45 bits per heavy atom. The highest BCUT2D eigenvalue weighted by molar-refractivity contribution is 5.87. The van der Waals surface area contributed by atoms with E-state index in [2.05, 4.69) is 5.32 Å². The number of ether oxygens (including phenoxy) is 2. The molecule has 0 saturated carbocycles. The first-order valence-electron chi connectivity index (χ1n) is 9.80. The zero-order chi connectivity index (χ0) is 22.5. The van der Waals surface area contributed by atoms with Crippen molar-refractivity contribution in [1.82, 2.24) is 10.2 Å². The van der Waals surface area contributed by atoms with Crippen LogP contribution in [0.15, 0.2) is 54.6 Å². The van der Waals surface area contributed by atoms with Crippen LogP contribution in [0.1, 0.15) is 11.1 Å². The van der Waals surface area contributed by atoms with Gasteiger partial charge in [-0.25, -0.2) is 4.39 Å². The Morgan fingerprint density at radius 1 is 1.16 bits per heavy atom. The summed E-state index contributed by atoms with van der Waals surface area (Å²) in [5.41, 5.74) is -2.51. The number of hydrogen-bond donors (Lipinski definition) is 1. The largest absolute Gasteiger partial charge is 0.430 e. The summed E-state index contributed by atoms with van der Waals surface area (Å²) in [4.78, 5) is 14.8. The van der Waals surface area contributed by atoms with E-state index in [0.29, 0.717) is 26.2 Å². The van der Waals surface area contributed by atoms with E-state index in [4.69, 9.17) is 9.47 Å². The molecule has 5 nitrogen and oxygen atoms in total. The number of hydrogen-bond acceptors (Lipinski definition) is 4. The van der Waals surface area contributed by atoms with Gasteiger partial charge in [-0.1, -0.05) is 42.5 Å². The lowest BCUT2D eigenvalue weighted by Gasteiger charge is -2.35. The molecule has 3 rings (SSSR count). The molecule has 0 bridgehead atoms. The molecule has 31 heavy (non-hydrogen) atoms. The fourth-order valence-corrected chi connectivity index (χ4v) is 3.65. The van der Waals surface area contributed by atoms with Crippen molar-refractivity contribution < 1.29 is 31.8 Å². The van der Waals surface area contributed by atoms with Crippen molar-refractivity contribution in [3.8, 4) is 0 Å². The molecule has 0 aliphatic carbocycles. The Hall–Kier alpha value is -2.49. The molecule has 9 heteroatoms. The van der Waals surface area contributed by atoms with Crippen LogP contribution in [-0.2, 0) is 26.4 Å². The SMILES string of the molecule is CO[C@@](C(=O)NC[C@H]1CN(Cc2ccc(F)cc2)CCO1)(c1ccccc1)C(F)(F)F. The number of carbonyl (C=O) groups excluding carboxylic acids is 1. The molecule has 2 aromatic carbocycles. The molecule has 168 valence electrons. The molecule has 0 aromatic heterocycles. The predicted octanol–water partition coefficient (Wildman–Crippen LogP) is 3.25. The van der Waals surface area contributed by atoms with Crippen molar-refractivity contribution in [2.45, 2.75) is 24.4 Å². The number of methoxy groups -OCH3 is 1. The standard InChI is InChI=1S/C22H24F4N2O3/c1-30-21(22(24,25)26,17-5-3-2-4-6-17)20(29)27-13-19-15-28(11-12-31-19)14-16-7-9-18(23)10-8-16/h2-10,19H,11-15H2,1H3,(H,27,29)/t19-,21+/m0/s1. The minimum absolute atomic E-state index is 0.104. The zero-order valence-corrected chi connectivity index (χ0v) is 17.0. The predicted molar refractivity (Wildman–Crippen MR) is 106 cm³/mol. The van der Waals surface area contributed by atoms with Crippen LogP contribution < -0.4 is 5.32 Å². The number of halogens is 4. The summed E-state index contributed by atoms with van der Waals surface area (Å²) in [6.45, 7) is 1.84. The van der Waals surface area contributed by atoms with Crippen molar-refractivity contribution in [1.29, 1.82) is 0 Å². The van der Waals surface area contributed by atoms with E-state index in [1.807, 2.05) is 4.90 Å². The molecule has 1 aliphatic heterocycles. The van der Waals surface area contributed by atoms with Gasteiger partial charge in [-0.2, -0.15) is 13.2 Å². The van der Waals surface area contributed by atoms with Gasteiger partial charge in [0, 0.05) is 38.9 Å². The number of carbonyl (C=O) groups is 1. The third kappa shape index (κ3) is 5.23. The molecule has 0 unspecified atom stereocenters. The summed E-state index contributed by atoms with van der Waals surface area (Å²) in [6.07, 6.45) is -5.45. The highest BCUT2D eigenvalue weighted by Gasteiger charge is 2.62. The smallest absolute Gasteiger partial charge is 0.374 e. The maximum absolute atomic E-state index is 14.0. The average molecular weight is 440 g/mol. The maximum atomic E-state index is 14.0. The zero-order valence-electron chi connectivity index (χ0n) is 17.0. The molecule has 2 aromatic rings. The van der Waals surface area contributed by atoms with Gasteiger partial charge in [0.2, 0.25) is 0 Å². The molecule has 2 atom stereocenters. The van der Waals surface area contributed by atoms with E-state index < -0.39 is 23.8 Å². The first-order chi connectivity index (χ1) is 14.8. The normalized spacial score (nSPS) is 19.6. The Labute approximate surface area is 177 Å². The number of nitrogens with zero attached hydrogens (tertiary/aromatic N) is 1. The first-order valence-corrected chi connectivity index (χ1v) is 9.80. The highest BCUT2D eigenvalue weighted by Crippen LogP contribution is 2.42. The van der Waals surface area contributed by atoms with Gasteiger partial charge < -0.3 is 14.8 Å². The van der Waals surface area contributed by atoms with Gasteiger partial charge in [0.15, 0.2) is 0 Å². The topological polar surface area (TPSA) is 50.8 Å².